The van der Waals surface area contributed by atoms with Gasteiger partial charge in [0.25, 0.3) is 0 Å². The summed E-state index contributed by atoms with van der Waals surface area (Å²) in [6.07, 6.45) is 6.44. The van der Waals surface area contributed by atoms with E-state index in [0.29, 0.717) is 25.3 Å². The van der Waals surface area contributed by atoms with Crippen LogP contribution in [0.4, 0.5) is 0 Å². The van der Waals surface area contributed by atoms with Crippen LogP contribution in [0.1, 0.15) is 11.3 Å². The van der Waals surface area contributed by atoms with Crippen molar-refractivity contribution in [1.82, 2.24) is 24.2 Å². The van der Waals surface area contributed by atoms with E-state index in [-0.39, 0.29) is 29.5 Å². The molecular weight excluding hydrogens is 402 g/mol. The fourth-order valence-electron chi connectivity index (χ4n) is 4.06. The Kier molecular flexibility index (Phi) is 4.93. The van der Waals surface area contributed by atoms with Crippen molar-refractivity contribution in [2.24, 2.45) is 0 Å². The zero-order valence-electron chi connectivity index (χ0n) is 16.2. The third-order valence-corrected chi connectivity index (χ3v) is 7.35. The number of nitrogens with zero attached hydrogens (tertiary/aromatic N) is 5. The minimum Gasteiger partial charge on any atom is -0.470 e. The summed E-state index contributed by atoms with van der Waals surface area (Å²) >= 11 is 0. The fraction of sp³-hybridized carbons (Fsp3) is 0.286. The molecule has 0 radical (unpaired) electrons. The molecule has 0 saturated carbocycles. The number of likely N-dealkylation sites (tertiary alicyclic amines) is 1. The van der Waals surface area contributed by atoms with Gasteiger partial charge in [0.15, 0.2) is 0 Å². The van der Waals surface area contributed by atoms with Crippen LogP contribution in [0.2, 0.25) is 0 Å². The third-order valence-electron chi connectivity index (χ3n) is 5.47. The van der Waals surface area contributed by atoms with Gasteiger partial charge >= 0.3 is 0 Å². The summed E-state index contributed by atoms with van der Waals surface area (Å²) in [4.78, 5) is 14.9. The van der Waals surface area contributed by atoms with Gasteiger partial charge in [-0.25, -0.2) is 13.4 Å². The Morgan fingerprint density at radius 2 is 1.77 bits per heavy atom. The van der Waals surface area contributed by atoms with E-state index < -0.39 is 10.0 Å². The smallest absolute Gasteiger partial charge is 0.249 e. The van der Waals surface area contributed by atoms with Crippen LogP contribution < -0.4 is 4.74 Å². The highest BCUT2D eigenvalue weighted by atomic mass is 32.2. The van der Waals surface area contributed by atoms with Crippen molar-refractivity contribution < 1.29 is 13.2 Å². The summed E-state index contributed by atoms with van der Waals surface area (Å²) < 4.78 is 34.8. The number of ether oxygens (including phenoxy) is 1. The zero-order valence-corrected chi connectivity index (χ0v) is 17.0. The second kappa shape index (κ2) is 7.75. The number of sulfonamides is 1. The van der Waals surface area contributed by atoms with Crippen LogP contribution in [0.3, 0.4) is 0 Å². The summed E-state index contributed by atoms with van der Waals surface area (Å²) in [5.74, 6) is 0.168. The Labute approximate surface area is 175 Å². The van der Waals surface area contributed by atoms with Crippen LogP contribution in [0.15, 0.2) is 72.1 Å². The van der Waals surface area contributed by atoms with Crippen molar-refractivity contribution in [3.8, 4) is 5.88 Å². The molecule has 0 spiro atoms. The first-order chi connectivity index (χ1) is 14.6. The molecule has 0 unspecified atom stereocenters. The van der Waals surface area contributed by atoms with Gasteiger partial charge < -0.3 is 4.74 Å². The average Bonchev–Trinajstić information content (AvgIpc) is 3.11. The van der Waals surface area contributed by atoms with Gasteiger partial charge in [0.05, 0.1) is 18.3 Å². The van der Waals surface area contributed by atoms with Crippen molar-refractivity contribution in [2.45, 2.75) is 30.1 Å². The Hall–Kier alpha value is -2.88. The van der Waals surface area contributed by atoms with Crippen LogP contribution in [-0.4, -0.2) is 57.8 Å². The number of rotatable bonds is 4. The lowest BCUT2D eigenvalue weighted by Gasteiger charge is -2.27. The molecule has 8 nitrogen and oxygen atoms in total. The number of fused-ring (bicyclic) bond motifs is 2. The quantitative estimate of drug-likeness (QED) is 0.631. The second-order valence-electron chi connectivity index (χ2n) is 7.45. The van der Waals surface area contributed by atoms with Gasteiger partial charge in [0, 0.05) is 44.4 Å². The van der Waals surface area contributed by atoms with Gasteiger partial charge in [-0.2, -0.15) is 4.31 Å². The van der Waals surface area contributed by atoms with Crippen molar-refractivity contribution in [3.63, 3.8) is 0 Å². The lowest BCUT2D eigenvalue weighted by molar-refractivity contribution is 0.143. The first-order valence-electron chi connectivity index (χ1n) is 9.76. The molecule has 2 aliphatic heterocycles. The van der Waals surface area contributed by atoms with Gasteiger partial charge in [0.1, 0.15) is 11.0 Å². The Balaban J connectivity index is 1.51. The summed E-state index contributed by atoms with van der Waals surface area (Å²) in [5.41, 5.74) is 1.82. The number of pyridine rings is 3. The molecule has 2 aliphatic rings. The van der Waals surface area contributed by atoms with Gasteiger partial charge in [0.2, 0.25) is 15.9 Å². The molecule has 154 valence electrons. The van der Waals surface area contributed by atoms with E-state index in [1.54, 1.807) is 36.9 Å². The second-order valence-corrected chi connectivity index (χ2v) is 9.31. The zero-order chi connectivity index (χ0) is 20.6. The van der Waals surface area contributed by atoms with Crippen LogP contribution in [-0.2, 0) is 23.1 Å². The predicted molar refractivity (Wildman–Crippen MR) is 109 cm³/mol. The first-order valence-corrected chi connectivity index (χ1v) is 11.2. The predicted octanol–water partition coefficient (Wildman–Crippen LogP) is 1.71. The largest absolute Gasteiger partial charge is 0.470 e. The van der Waals surface area contributed by atoms with Crippen molar-refractivity contribution >= 4 is 10.0 Å². The monoisotopic (exact) mass is 423 g/mol. The molecule has 0 aromatic carbocycles. The number of hydrogen-bond donors (Lipinski definition) is 0. The van der Waals surface area contributed by atoms with E-state index in [4.69, 9.17) is 4.74 Å². The average molecular weight is 423 g/mol. The normalized spacial score (nSPS) is 23.2. The minimum absolute atomic E-state index is 0.107. The van der Waals surface area contributed by atoms with Crippen LogP contribution in [0.25, 0.3) is 0 Å². The lowest BCUT2D eigenvalue weighted by Crippen LogP contribution is -2.46. The molecule has 1 saturated heterocycles. The minimum atomic E-state index is -3.80. The highest BCUT2D eigenvalue weighted by Gasteiger charge is 2.47. The van der Waals surface area contributed by atoms with Gasteiger partial charge in [-0.05, 0) is 42.0 Å². The molecule has 3 aromatic heterocycles. The van der Waals surface area contributed by atoms with E-state index in [0.717, 1.165) is 5.56 Å². The van der Waals surface area contributed by atoms with Gasteiger partial charge in [-0.1, -0.05) is 6.07 Å². The summed E-state index contributed by atoms with van der Waals surface area (Å²) in [5, 5.41) is 0. The van der Waals surface area contributed by atoms with Crippen molar-refractivity contribution in [1.29, 1.82) is 0 Å². The van der Waals surface area contributed by atoms with Crippen LogP contribution in [0.5, 0.6) is 5.88 Å². The third kappa shape index (κ3) is 3.55. The van der Waals surface area contributed by atoms with Crippen LogP contribution >= 0.6 is 0 Å². The number of aromatic nitrogens is 3. The van der Waals surface area contributed by atoms with Gasteiger partial charge in [-0.3, -0.25) is 14.9 Å². The van der Waals surface area contributed by atoms with E-state index in [1.165, 1.54) is 4.31 Å². The molecule has 2 atom stereocenters. The molecule has 30 heavy (non-hydrogen) atoms. The molecule has 3 aromatic rings. The maximum Gasteiger partial charge on any atom is 0.249 e. The molecule has 0 aliphatic carbocycles. The molecule has 0 N–H and O–H groups in total. The van der Waals surface area contributed by atoms with Crippen LogP contribution in [0, 0.1) is 0 Å². The van der Waals surface area contributed by atoms with Crippen molar-refractivity contribution in [3.05, 3.63) is 78.5 Å². The number of hydrogen-bond acceptors (Lipinski definition) is 7. The molecule has 5 heterocycles. The Morgan fingerprint density at radius 1 is 0.933 bits per heavy atom. The first kappa shape index (κ1) is 19.1. The Morgan fingerprint density at radius 3 is 2.57 bits per heavy atom. The summed E-state index contributed by atoms with van der Waals surface area (Å²) in [6, 6.07) is 12.3. The van der Waals surface area contributed by atoms with Gasteiger partial charge in [-0.15, -0.1) is 0 Å². The maximum atomic E-state index is 13.6. The molecule has 9 heteroatoms. The summed E-state index contributed by atoms with van der Waals surface area (Å²) in [7, 11) is -3.80. The highest BCUT2D eigenvalue weighted by molar-refractivity contribution is 7.89. The van der Waals surface area contributed by atoms with E-state index in [2.05, 4.69) is 19.9 Å². The molecule has 0 bridgehead atoms. The SMILES string of the molecule is O=S1(=O)c2cccnc2O[C@@H]2CN(Cc3ccncc3)C[C@H]2N1Cc1ccccn1. The van der Waals surface area contributed by atoms with E-state index in [9.17, 15) is 8.42 Å². The molecule has 1 fully saturated rings. The highest BCUT2D eigenvalue weighted by Crippen LogP contribution is 2.35. The van der Waals surface area contributed by atoms with Crippen molar-refractivity contribution in [2.75, 3.05) is 13.1 Å². The van der Waals surface area contributed by atoms with E-state index in [1.807, 2.05) is 30.3 Å². The summed E-state index contributed by atoms with van der Waals surface area (Å²) in [6.45, 7) is 2.06. The molecule has 5 rings (SSSR count). The molecule has 0 amide bonds. The standard InChI is InChI=1S/C21H21N5O3S/c27-30(28)20-5-3-9-24-21(20)29-19-15-25(12-16-6-10-22-11-7-16)14-18(19)26(30)13-17-4-1-2-8-23-17/h1-11,18-19H,12-15H2/t18-,19-/m1/s1. The van der Waals surface area contributed by atoms with E-state index >= 15 is 0 Å². The maximum absolute atomic E-state index is 13.6. The molecular formula is C21H21N5O3S. The fourth-order valence-corrected chi connectivity index (χ4v) is 5.75. The topological polar surface area (TPSA) is 88.5 Å². The lowest BCUT2D eigenvalue weighted by atomic mass is 10.2. The Bertz CT molecular complexity index is 1130.